The third-order valence-corrected chi connectivity index (χ3v) is 2.90. The van der Waals surface area contributed by atoms with Crippen LogP contribution in [0.15, 0.2) is 42.6 Å². The van der Waals surface area contributed by atoms with E-state index >= 15 is 0 Å². The summed E-state index contributed by atoms with van der Waals surface area (Å²) in [6.45, 7) is 0. The van der Waals surface area contributed by atoms with Gasteiger partial charge in [-0.2, -0.15) is 0 Å². The molecule has 1 aromatic heterocycles. The van der Waals surface area contributed by atoms with Gasteiger partial charge in [0.2, 0.25) is 0 Å². The lowest BCUT2D eigenvalue weighted by Crippen LogP contribution is -2.26. The van der Waals surface area contributed by atoms with Crippen LogP contribution < -0.4 is 10.6 Å². The van der Waals surface area contributed by atoms with E-state index in [2.05, 4.69) is 4.98 Å². The lowest BCUT2D eigenvalue weighted by atomic mass is 10.2. The van der Waals surface area contributed by atoms with E-state index in [-0.39, 0.29) is 5.91 Å². The lowest BCUT2D eigenvalue weighted by molar-refractivity contribution is 0.0993. The van der Waals surface area contributed by atoms with E-state index in [0.29, 0.717) is 22.1 Å². The zero-order valence-corrected chi connectivity index (χ0v) is 10.6. The van der Waals surface area contributed by atoms with E-state index in [0.717, 1.165) is 0 Å². The molecule has 1 heterocycles. The first-order chi connectivity index (χ1) is 8.59. The van der Waals surface area contributed by atoms with Crippen LogP contribution in [0.3, 0.4) is 0 Å². The first kappa shape index (κ1) is 12.4. The van der Waals surface area contributed by atoms with Crippen molar-refractivity contribution in [1.82, 2.24) is 4.98 Å². The highest BCUT2D eigenvalue weighted by Crippen LogP contribution is 2.20. The average Bonchev–Trinajstić information content (AvgIpc) is 2.38. The molecule has 0 aliphatic rings. The molecule has 0 saturated carbocycles. The fourth-order valence-corrected chi connectivity index (χ4v) is 1.75. The normalized spacial score (nSPS) is 10.1. The summed E-state index contributed by atoms with van der Waals surface area (Å²) in [6, 6.07) is 10.3. The predicted octanol–water partition coefficient (Wildman–Crippen LogP) is 2.59. The van der Waals surface area contributed by atoms with Gasteiger partial charge in [0.25, 0.3) is 5.91 Å². The minimum atomic E-state index is -0.188. The van der Waals surface area contributed by atoms with Gasteiger partial charge in [0, 0.05) is 7.05 Å². The first-order valence-electron chi connectivity index (χ1n) is 5.33. The number of hydrogen-bond donors (Lipinski definition) is 1. The summed E-state index contributed by atoms with van der Waals surface area (Å²) >= 11 is 5.99. The summed E-state index contributed by atoms with van der Waals surface area (Å²) in [6.07, 6.45) is 1.55. The largest absolute Gasteiger partial charge is 0.384 e. The molecule has 1 aromatic carbocycles. The third kappa shape index (κ3) is 2.43. The summed E-state index contributed by atoms with van der Waals surface area (Å²) in [7, 11) is 1.67. The van der Waals surface area contributed by atoms with Gasteiger partial charge in [-0.3, -0.25) is 4.79 Å². The number of pyridine rings is 1. The number of anilines is 2. The van der Waals surface area contributed by atoms with Gasteiger partial charge in [-0.05, 0) is 24.3 Å². The van der Waals surface area contributed by atoms with E-state index in [1.807, 2.05) is 0 Å². The van der Waals surface area contributed by atoms with Crippen molar-refractivity contribution >= 4 is 29.0 Å². The molecule has 0 aliphatic carbocycles. The van der Waals surface area contributed by atoms with E-state index in [9.17, 15) is 4.79 Å². The first-order valence-corrected chi connectivity index (χ1v) is 5.71. The molecule has 5 heteroatoms. The van der Waals surface area contributed by atoms with Gasteiger partial charge in [-0.15, -0.1) is 0 Å². The molecule has 0 fully saturated rings. The van der Waals surface area contributed by atoms with Crippen LogP contribution in [0.1, 0.15) is 10.4 Å². The number of amides is 1. The van der Waals surface area contributed by atoms with E-state index in [1.165, 1.54) is 4.90 Å². The van der Waals surface area contributed by atoms with Crippen LogP contribution in [-0.2, 0) is 0 Å². The summed E-state index contributed by atoms with van der Waals surface area (Å²) in [5.41, 5.74) is 6.62. The SMILES string of the molecule is CN(C(=O)c1ccccc1Cl)c1ccc(N)nc1. The van der Waals surface area contributed by atoms with Crippen molar-refractivity contribution in [3.8, 4) is 0 Å². The van der Waals surface area contributed by atoms with Gasteiger partial charge >= 0.3 is 0 Å². The number of rotatable bonds is 2. The number of benzene rings is 1. The molecule has 0 saturated heterocycles. The Morgan fingerprint density at radius 3 is 2.61 bits per heavy atom. The Hall–Kier alpha value is -2.07. The van der Waals surface area contributed by atoms with Crippen LogP contribution in [0, 0.1) is 0 Å². The number of nitrogens with two attached hydrogens (primary N) is 1. The van der Waals surface area contributed by atoms with Crippen molar-refractivity contribution in [2.75, 3.05) is 17.7 Å². The summed E-state index contributed by atoms with van der Waals surface area (Å²) in [4.78, 5) is 17.7. The van der Waals surface area contributed by atoms with Crippen LogP contribution in [0.25, 0.3) is 0 Å². The maximum absolute atomic E-state index is 12.2. The maximum Gasteiger partial charge on any atom is 0.259 e. The molecular formula is C13H12ClN3O. The monoisotopic (exact) mass is 261 g/mol. The average molecular weight is 262 g/mol. The Bertz CT molecular complexity index is 569. The standard InChI is InChI=1S/C13H12ClN3O/c1-17(9-6-7-12(15)16-8-9)13(18)10-4-2-3-5-11(10)14/h2-8H,1H3,(H2,15,16). The van der Waals surface area contributed by atoms with Gasteiger partial charge < -0.3 is 10.6 Å². The molecule has 0 radical (unpaired) electrons. The van der Waals surface area contributed by atoms with Crippen molar-refractivity contribution in [2.45, 2.75) is 0 Å². The lowest BCUT2D eigenvalue weighted by Gasteiger charge is -2.17. The van der Waals surface area contributed by atoms with Gasteiger partial charge in [0.1, 0.15) is 5.82 Å². The van der Waals surface area contributed by atoms with E-state index in [4.69, 9.17) is 17.3 Å². The Morgan fingerprint density at radius 1 is 1.28 bits per heavy atom. The predicted molar refractivity (Wildman–Crippen MR) is 72.8 cm³/mol. The summed E-state index contributed by atoms with van der Waals surface area (Å²) < 4.78 is 0. The molecule has 18 heavy (non-hydrogen) atoms. The van der Waals surface area contributed by atoms with Gasteiger partial charge in [-0.1, -0.05) is 23.7 Å². The molecule has 2 N–H and O–H groups in total. The zero-order valence-electron chi connectivity index (χ0n) is 9.80. The number of hydrogen-bond acceptors (Lipinski definition) is 3. The Kier molecular flexibility index (Phi) is 3.48. The smallest absolute Gasteiger partial charge is 0.259 e. The van der Waals surface area contributed by atoms with Crippen LogP contribution >= 0.6 is 11.6 Å². The molecule has 2 aromatic rings. The van der Waals surface area contributed by atoms with Gasteiger partial charge in [-0.25, -0.2) is 4.98 Å². The second-order valence-corrected chi connectivity index (χ2v) is 4.19. The second-order valence-electron chi connectivity index (χ2n) is 3.79. The molecular weight excluding hydrogens is 250 g/mol. The molecule has 0 bridgehead atoms. The van der Waals surface area contributed by atoms with Crippen molar-refractivity contribution in [3.05, 3.63) is 53.2 Å². The summed E-state index contributed by atoms with van der Waals surface area (Å²) in [5, 5.41) is 0.428. The van der Waals surface area contributed by atoms with Crippen molar-refractivity contribution in [1.29, 1.82) is 0 Å². The Morgan fingerprint density at radius 2 is 2.00 bits per heavy atom. The summed E-state index contributed by atoms with van der Waals surface area (Å²) in [5.74, 6) is 0.226. The van der Waals surface area contributed by atoms with Crippen LogP contribution in [0.5, 0.6) is 0 Å². The highest BCUT2D eigenvalue weighted by Gasteiger charge is 2.16. The fourth-order valence-electron chi connectivity index (χ4n) is 1.53. The molecule has 0 spiro atoms. The number of nitrogen functional groups attached to an aromatic ring is 1. The second kappa shape index (κ2) is 5.06. The zero-order chi connectivity index (χ0) is 13.1. The molecule has 0 unspecified atom stereocenters. The minimum absolute atomic E-state index is 0.188. The number of carbonyl (C=O) groups is 1. The van der Waals surface area contributed by atoms with E-state index < -0.39 is 0 Å². The molecule has 2 rings (SSSR count). The van der Waals surface area contributed by atoms with Crippen molar-refractivity contribution in [3.63, 3.8) is 0 Å². The molecule has 92 valence electrons. The van der Waals surface area contributed by atoms with Gasteiger partial charge in [0.05, 0.1) is 22.5 Å². The highest BCUT2D eigenvalue weighted by molar-refractivity contribution is 6.34. The Balaban J connectivity index is 2.29. The minimum Gasteiger partial charge on any atom is -0.384 e. The molecule has 4 nitrogen and oxygen atoms in total. The quantitative estimate of drug-likeness (QED) is 0.904. The number of halogens is 1. The van der Waals surface area contributed by atoms with Crippen molar-refractivity contribution in [2.24, 2.45) is 0 Å². The topological polar surface area (TPSA) is 59.2 Å². The molecule has 0 aliphatic heterocycles. The molecule has 1 amide bonds. The van der Waals surface area contributed by atoms with Crippen LogP contribution in [0.4, 0.5) is 11.5 Å². The van der Waals surface area contributed by atoms with Gasteiger partial charge in [0.15, 0.2) is 0 Å². The fraction of sp³-hybridized carbons (Fsp3) is 0.0769. The van der Waals surface area contributed by atoms with Crippen molar-refractivity contribution < 1.29 is 4.79 Å². The number of aromatic nitrogens is 1. The molecule has 0 atom stereocenters. The highest BCUT2D eigenvalue weighted by atomic mass is 35.5. The van der Waals surface area contributed by atoms with Crippen LogP contribution in [0.2, 0.25) is 5.02 Å². The Labute approximate surface area is 110 Å². The third-order valence-electron chi connectivity index (χ3n) is 2.57. The van der Waals surface area contributed by atoms with Crippen LogP contribution in [-0.4, -0.2) is 17.9 Å². The number of nitrogens with zero attached hydrogens (tertiary/aromatic N) is 2. The number of carbonyl (C=O) groups excluding carboxylic acids is 1. The maximum atomic E-state index is 12.2. The van der Waals surface area contributed by atoms with E-state index in [1.54, 1.807) is 49.6 Å².